The van der Waals surface area contributed by atoms with E-state index in [2.05, 4.69) is 45.8 Å². The molecule has 0 aromatic heterocycles. The van der Waals surface area contributed by atoms with Gasteiger partial charge in [-0.2, -0.15) is 4.39 Å². The molecule has 0 saturated heterocycles. The molecule has 8 heteroatoms. The molecule has 33 heavy (non-hydrogen) atoms. The number of thioether (sulfide) groups is 1. The summed E-state index contributed by atoms with van der Waals surface area (Å²) in [6.07, 6.45) is 6.61. The first-order valence-corrected chi connectivity index (χ1v) is 12.7. The number of likely N-dealkylation sites (N-methyl/N-ethyl adjacent to an activating group) is 1. The number of rotatable bonds is 9. The third-order valence-electron chi connectivity index (χ3n) is 5.22. The predicted octanol–water partition coefficient (Wildman–Crippen LogP) is 6.59. The van der Waals surface area contributed by atoms with Crippen LogP contribution in [-0.2, 0) is 9.53 Å². The first-order valence-electron chi connectivity index (χ1n) is 10.7. The summed E-state index contributed by atoms with van der Waals surface area (Å²) in [5.74, 6) is -1.62. The zero-order valence-electron chi connectivity index (χ0n) is 19.1. The van der Waals surface area contributed by atoms with Gasteiger partial charge in [0.1, 0.15) is 12.0 Å². The lowest BCUT2D eigenvalue weighted by atomic mass is 10.1. The van der Waals surface area contributed by atoms with Crippen LogP contribution >= 0.6 is 23.7 Å². The Morgan fingerprint density at radius 2 is 2.09 bits per heavy atom. The van der Waals surface area contributed by atoms with Crippen molar-refractivity contribution in [3.8, 4) is 5.75 Å². The summed E-state index contributed by atoms with van der Waals surface area (Å²) in [5.41, 5.74) is 2.16. The summed E-state index contributed by atoms with van der Waals surface area (Å²) < 4.78 is 26.6. The van der Waals surface area contributed by atoms with Crippen LogP contribution in [0.3, 0.4) is 0 Å². The van der Waals surface area contributed by atoms with Gasteiger partial charge in [0.05, 0.1) is 22.1 Å². The summed E-state index contributed by atoms with van der Waals surface area (Å²) in [4.78, 5) is 15.7. The van der Waals surface area contributed by atoms with Crippen LogP contribution in [0.15, 0.2) is 77.0 Å². The molecule has 3 rings (SSSR count). The van der Waals surface area contributed by atoms with E-state index in [1.54, 1.807) is 18.9 Å². The topological polar surface area (TPSA) is 42.0 Å². The van der Waals surface area contributed by atoms with E-state index in [1.165, 1.54) is 11.8 Å². The quantitative estimate of drug-likeness (QED) is 0.0985. The highest BCUT2D eigenvalue weighted by Crippen LogP contribution is 2.45. The number of carbonyl (C=O) groups excluding carboxylic acids is 1. The fourth-order valence-electron chi connectivity index (χ4n) is 3.52. The van der Waals surface area contributed by atoms with Crippen molar-refractivity contribution < 1.29 is 18.7 Å². The summed E-state index contributed by atoms with van der Waals surface area (Å²) in [7, 11) is 2.08. The highest BCUT2D eigenvalue weighted by Gasteiger charge is 2.28. The Bertz CT molecular complexity index is 1000. The van der Waals surface area contributed by atoms with Crippen LogP contribution in [0.2, 0.25) is 0 Å². The number of fused-ring (bicyclic) bond motifs is 1. The standard InChI is InChI=1S/C25H29FN2O3S2/c1-5-7-11-19-16-28(18-12-9-8-10-13-18)21-14-24(32-4)22(15-23(21)33-27(19)3)31-17-20(26)25(29)30-6-2/h5,8-10,12-15,17,19H,1,6-7,11,16H2,2-4H3/b20-17-. The van der Waals surface area contributed by atoms with E-state index >= 15 is 0 Å². The number of hydrogen-bond acceptors (Lipinski definition) is 7. The summed E-state index contributed by atoms with van der Waals surface area (Å²) in [6.45, 7) is 6.42. The normalized spacial score (nSPS) is 16.7. The van der Waals surface area contributed by atoms with Crippen LogP contribution in [0.1, 0.15) is 19.8 Å². The van der Waals surface area contributed by atoms with Crippen molar-refractivity contribution >= 4 is 41.1 Å². The van der Waals surface area contributed by atoms with Crippen LogP contribution in [0.5, 0.6) is 5.75 Å². The third kappa shape index (κ3) is 6.34. The zero-order valence-corrected chi connectivity index (χ0v) is 20.8. The van der Waals surface area contributed by atoms with Gasteiger partial charge in [-0.15, -0.1) is 18.3 Å². The maximum Gasteiger partial charge on any atom is 0.370 e. The number of benzene rings is 2. The Morgan fingerprint density at radius 1 is 1.33 bits per heavy atom. The fraction of sp³-hybridized carbons (Fsp3) is 0.320. The van der Waals surface area contributed by atoms with Gasteiger partial charge in [0.15, 0.2) is 0 Å². The Balaban J connectivity index is 2.02. The van der Waals surface area contributed by atoms with Crippen LogP contribution in [0.25, 0.3) is 0 Å². The average Bonchev–Trinajstić information content (AvgIpc) is 2.96. The zero-order chi connectivity index (χ0) is 23.8. The second-order valence-electron chi connectivity index (χ2n) is 7.38. The second kappa shape index (κ2) is 12.2. The van der Waals surface area contributed by atoms with Gasteiger partial charge < -0.3 is 14.4 Å². The Labute approximate surface area is 203 Å². The fourth-order valence-corrected chi connectivity index (χ4v) is 5.11. The number of nitrogens with zero attached hydrogens (tertiary/aromatic N) is 2. The van der Waals surface area contributed by atoms with Crippen LogP contribution < -0.4 is 9.64 Å². The molecule has 5 nitrogen and oxygen atoms in total. The molecule has 0 aliphatic carbocycles. The Kier molecular flexibility index (Phi) is 9.29. The molecule has 1 aliphatic heterocycles. The molecule has 0 N–H and O–H groups in total. The van der Waals surface area contributed by atoms with E-state index in [0.717, 1.165) is 46.8 Å². The molecule has 1 atom stereocenters. The molecular weight excluding hydrogens is 459 g/mol. The SMILES string of the molecule is C=CCCC1CN(c2ccccc2)c2cc(SC)c(O/C=C(\F)C(=O)OCC)cc2SN1C. The molecule has 176 valence electrons. The molecule has 0 spiro atoms. The molecule has 1 unspecified atom stereocenters. The first-order chi connectivity index (χ1) is 16.0. The molecule has 1 heterocycles. The van der Waals surface area contributed by atoms with E-state index in [4.69, 9.17) is 4.74 Å². The average molecular weight is 489 g/mol. The largest absolute Gasteiger partial charge is 0.461 e. The van der Waals surface area contributed by atoms with E-state index < -0.39 is 11.8 Å². The van der Waals surface area contributed by atoms with Crippen LogP contribution in [0, 0.1) is 0 Å². The number of anilines is 2. The molecule has 0 saturated carbocycles. The van der Waals surface area contributed by atoms with Crippen molar-refractivity contribution in [2.24, 2.45) is 0 Å². The van der Waals surface area contributed by atoms with Crippen molar-refractivity contribution in [3.63, 3.8) is 0 Å². The van der Waals surface area contributed by atoms with E-state index in [-0.39, 0.29) is 6.61 Å². The second-order valence-corrected chi connectivity index (χ2v) is 9.42. The van der Waals surface area contributed by atoms with Crippen molar-refractivity contribution in [1.29, 1.82) is 0 Å². The first kappa shape index (κ1) is 25.2. The minimum absolute atomic E-state index is 0.0975. The number of hydrogen-bond donors (Lipinski definition) is 0. The molecule has 1 aliphatic rings. The lowest BCUT2D eigenvalue weighted by Gasteiger charge is -2.30. The Hall–Kier alpha value is -2.42. The lowest BCUT2D eigenvalue weighted by Crippen LogP contribution is -2.35. The van der Waals surface area contributed by atoms with Crippen LogP contribution in [0.4, 0.5) is 15.8 Å². The molecule has 0 fully saturated rings. The highest BCUT2D eigenvalue weighted by molar-refractivity contribution is 7.98. The third-order valence-corrected chi connectivity index (χ3v) is 7.09. The Morgan fingerprint density at radius 3 is 2.76 bits per heavy atom. The molecule has 0 amide bonds. The van der Waals surface area contributed by atoms with Crippen molar-refractivity contribution in [2.75, 3.05) is 31.4 Å². The molecular formula is C25H29FN2O3S2. The van der Waals surface area contributed by atoms with Gasteiger partial charge in [0.25, 0.3) is 0 Å². The van der Waals surface area contributed by atoms with Gasteiger partial charge in [-0.3, -0.25) is 0 Å². The molecule has 2 aromatic carbocycles. The number of para-hydroxylation sites is 1. The van der Waals surface area contributed by atoms with Crippen molar-refractivity contribution in [2.45, 2.75) is 35.6 Å². The predicted molar refractivity (Wildman–Crippen MR) is 135 cm³/mol. The minimum Gasteiger partial charge on any atom is -0.461 e. The van der Waals surface area contributed by atoms with Crippen molar-refractivity contribution in [3.05, 3.63) is 67.2 Å². The molecule has 2 aromatic rings. The number of ether oxygens (including phenoxy) is 2. The van der Waals surface area contributed by atoms with Crippen LogP contribution in [-0.4, -0.2) is 42.8 Å². The van der Waals surface area contributed by atoms with Crippen molar-refractivity contribution in [1.82, 2.24) is 4.31 Å². The number of halogens is 1. The highest BCUT2D eigenvalue weighted by atomic mass is 32.2. The maximum atomic E-state index is 14.0. The van der Waals surface area contributed by atoms with Gasteiger partial charge >= 0.3 is 5.97 Å². The molecule has 0 radical (unpaired) electrons. The smallest absolute Gasteiger partial charge is 0.370 e. The number of allylic oxidation sites excluding steroid dienone is 1. The number of carbonyl (C=O) groups is 1. The van der Waals surface area contributed by atoms with Gasteiger partial charge in [0, 0.05) is 18.3 Å². The summed E-state index contributed by atoms with van der Waals surface area (Å²) in [5, 5.41) is 0. The maximum absolute atomic E-state index is 14.0. The number of esters is 1. The van der Waals surface area contributed by atoms with Gasteiger partial charge in [-0.05, 0) is 69.3 Å². The lowest BCUT2D eigenvalue weighted by molar-refractivity contribution is -0.140. The van der Waals surface area contributed by atoms with Gasteiger partial charge in [-0.1, -0.05) is 24.3 Å². The van der Waals surface area contributed by atoms with E-state index in [9.17, 15) is 9.18 Å². The van der Waals surface area contributed by atoms with Gasteiger partial charge in [0.2, 0.25) is 5.83 Å². The van der Waals surface area contributed by atoms with E-state index in [0.29, 0.717) is 11.8 Å². The minimum atomic E-state index is -1.07. The molecule has 0 bridgehead atoms. The van der Waals surface area contributed by atoms with Gasteiger partial charge in [-0.25, -0.2) is 9.10 Å². The summed E-state index contributed by atoms with van der Waals surface area (Å²) >= 11 is 3.14. The summed E-state index contributed by atoms with van der Waals surface area (Å²) in [6, 6.07) is 14.5. The van der Waals surface area contributed by atoms with E-state index in [1.807, 2.05) is 36.6 Å². The monoisotopic (exact) mass is 488 g/mol.